The molecule has 0 bridgehead atoms. The molecule has 0 aliphatic carbocycles. The van der Waals surface area contributed by atoms with Gasteiger partial charge < -0.3 is 14.8 Å². The first kappa shape index (κ1) is 12.4. The van der Waals surface area contributed by atoms with Crippen molar-refractivity contribution in [1.29, 1.82) is 0 Å². The van der Waals surface area contributed by atoms with Crippen molar-refractivity contribution in [1.82, 2.24) is 10.2 Å². The average molecular weight is 231 g/mol. The largest absolute Gasteiger partial charge is 0.379 e. The van der Waals surface area contributed by atoms with Crippen LogP contribution in [0.3, 0.4) is 0 Å². The van der Waals surface area contributed by atoms with Crippen molar-refractivity contribution in [3.05, 3.63) is 5.01 Å². The van der Waals surface area contributed by atoms with Crippen LogP contribution in [0.1, 0.15) is 18.4 Å². The summed E-state index contributed by atoms with van der Waals surface area (Å²) in [6.45, 7) is 4.64. The van der Waals surface area contributed by atoms with Crippen molar-refractivity contribution in [2.24, 2.45) is 0 Å². The smallest absolute Gasteiger partial charge is 0.205 e. The predicted octanol–water partition coefficient (Wildman–Crippen LogP) is 1.52. The van der Waals surface area contributed by atoms with Crippen LogP contribution < -0.4 is 5.32 Å². The van der Waals surface area contributed by atoms with Crippen molar-refractivity contribution in [2.75, 3.05) is 32.2 Å². The topological polar surface area (TPSA) is 56.3 Å². The highest BCUT2D eigenvalue weighted by molar-refractivity contribution is 7.15. The molecule has 5 nitrogen and oxygen atoms in total. The Labute approximate surface area is 93.8 Å². The molecule has 1 heterocycles. The van der Waals surface area contributed by atoms with Gasteiger partial charge in [0.25, 0.3) is 0 Å². The molecule has 15 heavy (non-hydrogen) atoms. The van der Waals surface area contributed by atoms with Gasteiger partial charge in [-0.3, -0.25) is 0 Å². The zero-order valence-electron chi connectivity index (χ0n) is 9.15. The molecule has 0 atom stereocenters. The molecular formula is C9H17N3O2S. The monoisotopic (exact) mass is 231 g/mol. The average Bonchev–Trinajstić information content (AvgIpc) is 2.71. The van der Waals surface area contributed by atoms with Gasteiger partial charge in [0.15, 0.2) is 0 Å². The van der Waals surface area contributed by atoms with Crippen LogP contribution in [0.2, 0.25) is 0 Å². The van der Waals surface area contributed by atoms with Gasteiger partial charge in [0.1, 0.15) is 11.6 Å². The second-order valence-electron chi connectivity index (χ2n) is 2.92. The minimum Gasteiger partial charge on any atom is -0.379 e. The van der Waals surface area contributed by atoms with E-state index in [2.05, 4.69) is 22.4 Å². The van der Waals surface area contributed by atoms with E-state index in [1.165, 1.54) is 11.3 Å². The summed E-state index contributed by atoms with van der Waals surface area (Å²) in [4.78, 5) is 0. The molecule has 0 saturated carbocycles. The standard InChI is InChI=1S/C9H17N3O2S/c1-3-4-13-5-6-14-7-8-11-12-9(10-2)15-8/h3-7H2,1-2H3,(H,10,12). The first-order valence-electron chi connectivity index (χ1n) is 5.02. The predicted molar refractivity (Wildman–Crippen MR) is 60.2 cm³/mol. The first-order valence-corrected chi connectivity index (χ1v) is 5.84. The minimum absolute atomic E-state index is 0.509. The quantitative estimate of drug-likeness (QED) is 0.687. The van der Waals surface area contributed by atoms with E-state index in [0.29, 0.717) is 19.8 Å². The van der Waals surface area contributed by atoms with Gasteiger partial charge in [-0.1, -0.05) is 18.3 Å². The Hall–Kier alpha value is -0.720. The van der Waals surface area contributed by atoms with E-state index in [4.69, 9.17) is 9.47 Å². The van der Waals surface area contributed by atoms with Gasteiger partial charge in [-0.25, -0.2) is 0 Å². The van der Waals surface area contributed by atoms with Crippen LogP contribution in [-0.4, -0.2) is 37.1 Å². The van der Waals surface area contributed by atoms with Crippen molar-refractivity contribution < 1.29 is 9.47 Å². The highest BCUT2D eigenvalue weighted by Crippen LogP contribution is 2.14. The van der Waals surface area contributed by atoms with E-state index >= 15 is 0 Å². The van der Waals surface area contributed by atoms with Crippen molar-refractivity contribution in [3.8, 4) is 0 Å². The van der Waals surface area contributed by atoms with Gasteiger partial charge in [0.05, 0.1) is 13.2 Å². The molecule has 0 spiro atoms. The maximum absolute atomic E-state index is 5.38. The summed E-state index contributed by atoms with van der Waals surface area (Å²) in [5.74, 6) is 0. The fraction of sp³-hybridized carbons (Fsp3) is 0.778. The molecule has 0 aromatic carbocycles. The van der Waals surface area contributed by atoms with Gasteiger partial charge >= 0.3 is 0 Å². The Morgan fingerprint density at radius 3 is 2.67 bits per heavy atom. The summed E-state index contributed by atoms with van der Waals surface area (Å²) in [6.07, 6.45) is 1.04. The van der Waals surface area contributed by atoms with Crippen LogP contribution in [0.15, 0.2) is 0 Å². The first-order chi connectivity index (χ1) is 7.36. The SMILES string of the molecule is CCCOCCOCc1nnc(NC)s1. The number of anilines is 1. The molecule has 0 aliphatic rings. The summed E-state index contributed by atoms with van der Waals surface area (Å²) < 4.78 is 10.7. The molecule has 6 heteroatoms. The summed E-state index contributed by atoms with van der Waals surface area (Å²) in [5.41, 5.74) is 0. The molecule has 1 N–H and O–H groups in total. The van der Waals surface area contributed by atoms with Gasteiger partial charge in [-0.05, 0) is 6.42 Å². The third-order valence-electron chi connectivity index (χ3n) is 1.63. The van der Waals surface area contributed by atoms with Crippen molar-refractivity contribution >= 4 is 16.5 Å². The Balaban J connectivity index is 2.04. The Morgan fingerprint density at radius 2 is 2.00 bits per heavy atom. The van der Waals surface area contributed by atoms with Gasteiger partial charge in [-0.15, -0.1) is 10.2 Å². The lowest BCUT2D eigenvalue weighted by Gasteiger charge is -2.02. The van der Waals surface area contributed by atoms with E-state index in [1.807, 2.05) is 7.05 Å². The van der Waals surface area contributed by atoms with E-state index in [-0.39, 0.29) is 0 Å². The molecule has 0 radical (unpaired) electrons. The van der Waals surface area contributed by atoms with E-state index in [1.54, 1.807) is 0 Å². The van der Waals surface area contributed by atoms with Gasteiger partial charge in [0, 0.05) is 13.7 Å². The number of hydrogen-bond acceptors (Lipinski definition) is 6. The number of nitrogens with zero attached hydrogens (tertiary/aromatic N) is 2. The molecule has 0 fully saturated rings. The van der Waals surface area contributed by atoms with Crippen LogP contribution in [0.4, 0.5) is 5.13 Å². The molecular weight excluding hydrogens is 214 g/mol. The van der Waals surface area contributed by atoms with Crippen molar-refractivity contribution in [2.45, 2.75) is 20.0 Å². The lowest BCUT2D eigenvalue weighted by molar-refractivity contribution is 0.0406. The lowest BCUT2D eigenvalue weighted by Crippen LogP contribution is -2.04. The maximum Gasteiger partial charge on any atom is 0.205 e. The normalized spacial score (nSPS) is 10.5. The van der Waals surface area contributed by atoms with Crippen molar-refractivity contribution in [3.63, 3.8) is 0 Å². The second-order valence-corrected chi connectivity index (χ2v) is 3.98. The molecule has 0 unspecified atom stereocenters. The number of nitrogens with one attached hydrogen (secondary N) is 1. The fourth-order valence-corrected chi connectivity index (χ4v) is 1.57. The molecule has 1 rings (SSSR count). The number of hydrogen-bond donors (Lipinski definition) is 1. The van der Waals surface area contributed by atoms with Crippen LogP contribution in [-0.2, 0) is 16.1 Å². The van der Waals surface area contributed by atoms with Gasteiger partial charge in [-0.2, -0.15) is 0 Å². The van der Waals surface area contributed by atoms with E-state index < -0.39 is 0 Å². The third kappa shape index (κ3) is 5.06. The molecule has 1 aromatic heterocycles. The summed E-state index contributed by atoms with van der Waals surface area (Å²) in [5, 5.41) is 12.5. The molecule has 1 aromatic rings. The summed E-state index contributed by atoms with van der Waals surface area (Å²) in [7, 11) is 1.82. The number of rotatable bonds is 8. The molecule has 86 valence electrons. The molecule has 0 amide bonds. The maximum atomic E-state index is 5.38. The van der Waals surface area contributed by atoms with Crippen LogP contribution >= 0.6 is 11.3 Å². The third-order valence-corrected chi connectivity index (χ3v) is 2.54. The van der Waals surface area contributed by atoms with E-state index in [0.717, 1.165) is 23.2 Å². The Kier molecular flexibility index (Phi) is 6.22. The van der Waals surface area contributed by atoms with Crippen LogP contribution in [0.5, 0.6) is 0 Å². The summed E-state index contributed by atoms with van der Waals surface area (Å²) in [6, 6.07) is 0. The summed E-state index contributed by atoms with van der Waals surface area (Å²) >= 11 is 1.50. The Bertz CT molecular complexity index is 268. The zero-order chi connectivity index (χ0) is 10.9. The number of aromatic nitrogens is 2. The number of ether oxygens (including phenoxy) is 2. The van der Waals surface area contributed by atoms with Crippen LogP contribution in [0, 0.1) is 0 Å². The molecule has 0 aliphatic heterocycles. The second kappa shape index (κ2) is 7.56. The highest BCUT2D eigenvalue weighted by Gasteiger charge is 2.01. The Morgan fingerprint density at radius 1 is 1.20 bits per heavy atom. The lowest BCUT2D eigenvalue weighted by atomic mass is 10.5. The van der Waals surface area contributed by atoms with Gasteiger partial charge in [0.2, 0.25) is 5.13 Å². The fourth-order valence-electron chi connectivity index (χ4n) is 0.937. The van der Waals surface area contributed by atoms with Crippen LogP contribution in [0.25, 0.3) is 0 Å². The highest BCUT2D eigenvalue weighted by atomic mass is 32.1. The molecule has 0 saturated heterocycles. The minimum atomic E-state index is 0.509. The zero-order valence-corrected chi connectivity index (χ0v) is 9.97. The van der Waals surface area contributed by atoms with E-state index in [9.17, 15) is 0 Å².